The monoisotopic (exact) mass is 136 g/mol. The fourth-order valence-electron chi connectivity index (χ4n) is 0.190. The predicted octanol–water partition coefficient (Wildman–Crippen LogP) is 1.23. The molecule has 4 heteroatoms. The minimum Gasteiger partial charge on any atom is -0.392 e. The Morgan fingerprint density at radius 3 is 2.50 bits per heavy atom. The van der Waals surface area contributed by atoms with E-state index in [1.807, 2.05) is 0 Å². The smallest absolute Gasteiger partial charge is 0.175 e. The maximum Gasteiger partial charge on any atom is 0.175 e. The lowest BCUT2D eigenvalue weighted by Gasteiger charge is -1.87. The fraction of sp³-hybridized carbons (Fsp3) is 0.250. The molecule has 0 saturated heterocycles. The highest BCUT2D eigenvalue weighted by molar-refractivity contribution is 6.68. The van der Waals surface area contributed by atoms with Gasteiger partial charge in [-0.15, -0.1) is 0 Å². The molecule has 0 aliphatic carbocycles. The Balaban J connectivity index is 3.80. The molecule has 46 valence electrons. The van der Waals surface area contributed by atoms with Crippen molar-refractivity contribution in [1.82, 2.24) is 5.32 Å². The maximum absolute atomic E-state index is 12.0. The number of hydrogen-bond acceptors (Lipinski definition) is 2. The summed E-state index contributed by atoms with van der Waals surface area (Å²) in [5.41, 5.74) is 0. The first kappa shape index (κ1) is 7.43. The van der Waals surface area contributed by atoms with Crippen molar-refractivity contribution in [3.8, 4) is 0 Å². The summed E-state index contributed by atoms with van der Waals surface area (Å²) >= 11 is 4.91. The number of nitrogens with one attached hydrogen (secondary N) is 2. The van der Waals surface area contributed by atoms with Crippen molar-refractivity contribution in [3.63, 3.8) is 0 Å². The van der Waals surface area contributed by atoms with Crippen LogP contribution in [0.5, 0.6) is 0 Å². The van der Waals surface area contributed by atoms with Crippen LogP contribution in [-0.4, -0.2) is 12.2 Å². The molecule has 0 aliphatic heterocycles. The molecule has 0 fully saturated rings. The Morgan fingerprint density at radius 1 is 1.88 bits per heavy atom. The van der Waals surface area contributed by atoms with E-state index < -0.39 is 11.0 Å². The highest BCUT2D eigenvalue weighted by atomic mass is 35.5. The van der Waals surface area contributed by atoms with Gasteiger partial charge in [0.25, 0.3) is 0 Å². The van der Waals surface area contributed by atoms with Gasteiger partial charge in [0.05, 0.1) is 0 Å². The van der Waals surface area contributed by atoms with Gasteiger partial charge in [-0.3, -0.25) is 5.41 Å². The Kier molecular flexibility index (Phi) is 3.19. The Bertz CT molecular complexity index is 121. The summed E-state index contributed by atoms with van der Waals surface area (Å²) in [5.74, 6) is -0.755. The van der Waals surface area contributed by atoms with Crippen LogP contribution in [0.25, 0.3) is 0 Å². The van der Waals surface area contributed by atoms with Crippen LogP contribution in [0.15, 0.2) is 12.0 Å². The first-order valence-electron chi connectivity index (χ1n) is 1.96. The topological polar surface area (TPSA) is 35.9 Å². The van der Waals surface area contributed by atoms with E-state index in [2.05, 4.69) is 5.32 Å². The van der Waals surface area contributed by atoms with Crippen molar-refractivity contribution >= 4 is 16.8 Å². The Labute approximate surface area is 51.8 Å². The second-order valence-corrected chi connectivity index (χ2v) is 1.47. The molecule has 0 atom stereocenters. The van der Waals surface area contributed by atoms with Gasteiger partial charge in [0.2, 0.25) is 0 Å². The molecule has 0 aromatic heterocycles. The number of allylic oxidation sites excluding steroid dienone is 1. The van der Waals surface area contributed by atoms with Crippen LogP contribution in [0, 0.1) is 5.41 Å². The first-order valence-corrected chi connectivity index (χ1v) is 2.33. The van der Waals surface area contributed by atoms with Crippen molar-refractivity contribution < 1.29 is 4.39 Å². The molecule has 0 spiro atoms. The molecular formula is C4H6ClFN2. The van der Waals surface area contributed by atoms with Crippen LogP contribution >= 0.6 is 11.6 Å². The van der Waals surface area contributed by atoms with E-state index in [0.29, 0.717) is 0 Å². The molecule has 0 aromatic carbocycles. The Morgan fingerprint density at radius 2 is 2.38 bits per heavy atom. The molecule has 0 radical (unpaired) electrons. The van der Waals surface area contributed by atoms with Gasteiger partial charge in [-0.25, -0.2) is 4.39 Å². The van der Waals surface area contributed by atoms with Crippen molar-refractivity contribution in [1.29, 1.82) is 5.41 Å². The number of rotatable bonds is 2. The molecule has 0 aliphatic rings. The van der Waals surface area contributed by atoms with Crippen LogP contribution in [0.3, 0.4) is 0 Å². The van der Waals surface area contributed by atoms with E-state index in [-0.39, 0.29) is 0 Å². The van der Waals surface area contributed by atoms with E-state index in [1.54, 1.807) is 0 Å². The average molecular weight is 137 g/mol. The summed E-state index contributed by atoms with van der Waals surface area (Å²) < 4.78 is 12.0. The summed E-state index contributed by atoms with van der Waals surface area (Å²) in [6.07, 6.45) is 1.01. The predicted molar refractivity (Wildman–Crippen MR) is 31.8 cm³/mol. The van der Waals surface area contributed by atoms with Crippen LogP contribution in [0.2, 0.25) is 0 Å². The van der Waals surface area contributed by atoms with Crippen molar-refractivity contribution in [2.45, 2.75) is 0 Å². The highest BCUT2D eigenvalue weighted by Gasteiger charge is 1.95. The lowest BCUT2D eigenvalue weighted by molar-refractivity contribution is 0.673. The van der Waals surface area contributed by atoms with E-state index in [9.17, 15) is 4.39 Å². The third-order valence-electron chi connectivity index (χ3n) is 0.481. The molecule has 0 bridgehead atoms. The molecule has 0 rings (SSSR count). The fourth-order valence-corrected chi connectivity index (χ4v) is 0.245. The third-order valence-corrected chi connectivity index (χ3v) is 0.661. The molecule has 2 N–H and O–H groups in total. The summed E-state index contributed by atoms with van der Waals surface area (Å²) in [7, 11) is 1.53. The van der Waals surface area contributed by atoms with E-state index in [0.717, 1.165) is 6.20 Å². The standard InChI is InChI=1S/C4H6ClFN2/c1-8-2-3(6)4(5)7/h2,7-8H,1H3/b3-2-,7-4?. The van der Waals surface area contributed by atoms with Crippen LogP contribution in [-0.2, 0) is 0 Å². The zero-order valence-electron chi connectivity index (χ0n) is 4.33. The van der Waals surface area contributed by atoms with Gasteiger partial charge in [-0.05, 0) is 0 Å². The van der Waals surface area contributed by atoms with Gasteiger partial charge in [-0.2, -0.15) is 0 Å². The summed E-state index contributed by atoms with van der Waals surface area (Å²) in [6.45, 7) is 0. The van der Waals surface area contributed by atoms with Crippen molar-refractivity contribution in [3.05, 3.63) is 12.0 Å². The number of halogens is 2. The van der Waals surface area contributed by atoms with Crippen molar-refractivity contribution in [2.24, 2.45) is 0 Å². The van der Waals surface area contributed by atoms with Gasteiger partial charge in [0, 0.05) is 13.2 Å². The van der Waals surface area contributed by atoms with Gasteiger partial charge in [-0.1, -0.05) is 11.6 Å². The van der Waals surface area contributed by atoms with E-state index >= 15 is 0 Å². The lowest BCUT2D eigenvalue weighted by atomic mass is 10.6. The zero-order chi connectivity index (χ0) is 6.57. The largest absolute Gasteiger partial charge is 0.392 e. The zero-order valence-corrected chi connectivity index (χ0v) is 5.09. The van der Waals surface area contributed by atoms with Crippen LogP contribution in [0.1, 0.15) is 0 Å². The summed E-state index contributed by atoms with van der Waals surface area (Å²) in [4.78, 5) is 0. The van der Waals surface area contributed by atoms with Crippen LogP contribution in [0.4, 0.5) is 4.39 Å². The van der Waals surface area contributed by atoms with Crippen LogP contribution < -0.4 is 5.32 Å². The number of hydrogen-bond donors (Lipinski definition) is 2. The maximum atomic E-state index is 12.0. The van der Waals surface area contributed by atoms with Gasteiger partial charge < -0.3 is 5.32 Å². The lowest BCUT2D eigenvalue weighted by Crippen LogP contribution is -1.96. The molecule has 0 amide bonds. The van der Waals surface area contributed by atoms with E-state index in [1.165, 1.54) is 7.05 Å². The molecule has 0 unspecified atom stereocenters. The highest BCUT2D eigenvalue weighted by Crippen LogP contribution is 1.98. The summed E-state index contributed by atoms with van der Waals surface area (Å²) in [5, 5.41) is 8.29. The second-order valence-electron chi connectivity index (χ2n) is 1.09. The van der Waals surface area contributed by atoms with Gasteiger partial charge >= 0.3 is 0 Å². The van der Waals surface area contributed by atoms with Gasteiger partial charge in [0.15, 0.2) is 11.0 Å². The minimum absolute atomic E-state index is 0.584. The van der Waals surface area contributed by atoms with E-state index in [4.69, 9.17) is 17.0 Å². The third kappa shape index (κ3) is 2.58. The second kappa shape index (κ2) is 3.43. The minimum atomic E-state index is -0.755. The molecular weight excluding hydrogens is 131 g/mol. The van der Waals surface area contributed by atoms with Crippen molar-refractivity contribution in [2.75, 3.05) is 7.05 Å². The Hall–Kier alpha value is -0.570. The normalized spacial score (nSPS) is 11.1. The molecule has 0 saturated carbocycles. The van der Waals surface area contributed by atoms with Gasteiger partial charge in [0.1, 0.15) is 0 Å². The molecule has 0 heterocycles. The molecule has 0 aromatic rings. The molecule has 8 heavy (non-hydrogen) atoms. The molecule has 2 nitrogen and oxygen atoms in total. The average Bonchev–Trinajstić information content (AvgIpc) is 1.67. The SMILES string of the molecule is CN/C=C(\F)C(=N)Cl. The quantitative estimate of drug-likeness (QED) is 0.551. The summed E-state index contributed by atoms with van der Waals surface area (Å²) in [6, 6.07) is 0. The first-order chi connectivity index (χ1) is 3.68.